The third kappa shape index (κ3) is 316. The Labute approximate surface area is 109 Å². The van der Waals surface area contributed by atoms with Crippen molar-refractivity contribution >= 4 is 0 Å². The van der Waals surface area contributed by atoms with Gasteiger partial charge in [-0.2, -0.15) is 0 Å². The molecule has 0 amide bonds. The second-order valence-electron chi connectivity index (χ2n) is 0. The van der Waals surface area contributed by atoms with Crippen LogP contribution in [-0.4, -0.2) is 0 Å². The van der Waals surface area contributed by atoms with Crippen molar-refractivity contribution in [2.75, 3.05) is 0 Å². The molecule has 7 nitrogen and oxygen atoms in total. The number of hydrogen-bond donors (Lipinski definition) is 0. The molecule has 0 aliphatic carbocycles. The van der Waals surface area contributed by atoms with Crippen LogP contribution >= 0.6 is 0 Å². The molecule has 0 aromatic heterocycles. The van der Waals surface area contributed by atoms with E-state index in [-0.39, 0.29) is 110 Å². The van der Waals surface area contributed by atoms with Crippen LogP contribution in [-0.2, 0) is 110 Å². The Morgan fingerprint density at radius 2 is 0.273 bits per heavy atom. The van der Waals surface area contributed by atoms with Gasteiger partial charge < -0.3 is 38.3 Å². The zero-order valence-corrected chi connectivity index (χ0v) is 9.03. The molecular formula is Cu2O7V2. The van der Waals surface area contributed by atoms with Crippen LogP contribution in [0.25, 0.3) is 0 Å². The molecule has 0 saturated carbocycles. The zero-order chi connectivity index (χ0) is 0. The van der Waals surface area contributed by atoms with Gasteiger partial charge in [0.15, 0.2) is 0 Å². The van der Waals surface area contributed by atoms with Crippen molar-refractivity contribution in [3.05, 3.63) is 0 Å². The fourth-order valence-electron chi connectivity index (χ4n) is 0. The molecule has 0 aliphatic heterocycles. The molecule has 0 saturated heterocycles. The second kappa shape index (κ2) is 383. The third-order valence-corrected chi connectivity index (χ3v) is 0. The Hall–Kier alpha value is 1.93. The predicted molar refractivity (Wildman–Crippen MR) is 4.81 cm³/mol. The summed E-state index contributed by atoms with van der Waals surface area (Å²) in [7, 11) is 0. The van der Waals surface area contributed by atoms with E-state index in [9.17, 15) is 0 Å². The van der Waals surface area contributed by atoms with Gasteiger partial charge >= 0.3 is 71.2 Å². The summed E-state index contributed by atoms with van der Waals surface area (Å²) in [6, 6.07) is 0. The van der Waals surface area contributed by atoms with Crippen molar-refractivity contribution in [1.82, 2.24) is 0 Å². The molecule has 0 bridgehead atoms. The van der Waals surface area contributed by atoms with E-state index in [1.54, 1.807) is 0 Å². The molecule has 0 spiro atoms. The minimum Gasteiger partial charge on any atom is -2.00 e. The van der Waals surface area contributed by atoms with Gasteiger partial charge in [0.05, 0.1) is 0 Å². The third-order valence-electron chi connectivity index (χ3n) is 0. The van der Waals surface area contributed by atoms with Crippen molar-refractivity contribution in [2.24, 2.45) is 0 Å². The summed E-state index contributed by atoms with van der Waals surface area (Å²) in [5.41, 5.74) is 0. The van der Waals surface area contributed by atoms with E-state index in [1.807, 2.05) is 0 Å². The van der Waals surface area contributed by atoms with E-state index in [2.05, 4.69) is 0 Å². The van der Waals surface area contributed by atoms with Gasteiger partial charge in [0.25, 0.3) is 0 Å². The first-order valence-corrected chi connectivity index (χ1v) is 0. The van der Waals surface area contributed by atoms with Crippen molar-refractivity contribution in [1.29, 1.82) is 0 Å². The number of rotatable bonds is 0. The number of hydrogen-bond acceptors (Lipinski definition) is 0. The molecule has 11 heavy (non-hydrogen) atoms. The minimum atomic E-state index is 0. The molecule has 0 N–H and O–H groups in total. The Morgan fingerprint density at radius 3 is 0.273 bits per heavy atom. The van der Waals surface area contributed by atoms with E-state index in [1.165, 1.54) is 0 Å². The molecule has 11 heteroatoms. The summed E-state index contributed by atoms with van der Waals surface area (Å²) in [6.45, 7) is 0. The maximum Gasteiger partial charge on any atom is 5.00 e. The van der Waals surface area contributed by atoms with E-state index >= 15 is 0 Å². The smallest absolute Gasteiger partial charge is 2.00 e. The van der Waals surface area contributed by atoms with Gasteiger partial charge in [0, 0.05) is 0 Å². The van der Waals surface area contributed by atoms with E-state index < -0.39 is 0 Å². The summed E-state index contributed by atoms with van der Waals surface area (Å²) < 4.78 is 0. The van der Waals surface area contributed by atoms with Crippen molar-refractivity contribution in [2.45, 2.75) is 0 Å². The van der Waals surface area contributed by atoms with Gasteiger partial charge in [0.2, 0.25) is 0 Å². The SMILES string of the molecule is [Cu+2].[Cu+2].[O-2].[O-2].[O-2].[O-2].[O-2].[O-2].[O-2].[V+5].[V+5]. The van der Waals surface area contributed by atoms with Crippen molar-refractivity contribution in [3.63, 3.8) is 0 Å². The summed E-state index contributed by atoms with van der Waals surface area (Å²) >= 11 is 0. The molecule has 0 fully saturated rings. The topological polar surface area (TPSA) is 200 Å². The summed E-state index contributed by atoms with van der Waals surface area (Å²) in [5.74, 6) is 0. The van der Waals surface area contributed by atoms with Crippen LogP contribution < -0.4 is 0 Å². The minimum absolute atomic E-state index is 0. The normalized spacial score (nSPS) is 0. The molecule has 0 unspecified atom stereocenters. The first-order chi connectivity index (χ1) is 0. The standard InChI is InChI=1S/2Cu.7O.2V/q2*+2;7*-2;2*+5. The van der Waals surface area contributed by atoms with Crippen LogP contribution in [0, 0.1) is 0 Å². The van der Waals surface area contributed by atoms with Gasteiger partial charge in [-0.25, -0.2) is 0 Å². The van der Waals surface area contributed by atoms with E-state index in [0.717, 1.165) is 0 Å². The maximum absolute atomic E-state index is 0. The van der Waals surface area contributed by atoms with Crippen LogP contribution in [0.5, 0.6) is 0 Å². The molecule has 0 atom stereocenters. The fraction of sp³-hybridized carbons (Fsp3) is 0. The Kier molecular flexibility index (Phi) is 17200. The summed E-state index contributed by atoms with van der Waals surface area (Å²) in [6.07, 6.45) is 0. The predicted octanol–water partition coefficient (Wildman–Crippen LogP) is -0.842. The first-order valence-electron chi connectivity index (χ1n) is 0. The molecule has 0 rings (SSSR count). The van der Waals surface area contributed by atoms with Crippen molar-refractivity contribution in [3.8, 4) is 0 Å². The Bertz CT molecular complexity index is 14.4. The van der Waals surface area contributed by atoms with Crippen molar-refractivity contribution < 1.29 is 110 Å². The molecule has 74 valence electrons. The van der Waals surface area contributed by atoms with Crippen LogP contribution in [0.15, 0.2) is 0 Å². The second-order valence-corrected chi connectivity index (χ2v) is 0. The van der Waals surface area contributed by atoms with E-state index in [0.29, 0.717) is 0 Å². The summed E-state index contributed by atoms with van der Waals surface area (Å²) in [5, 5.41) is 0. The summed E-state index contributed by atoms with van der Waals surface area (Å²) in [4.78, 5) is 0. The molecule has 0 aliphatic rings. The molecule has 2 radical (unpaired) electrons. The maximum atomic E-state index is 0. The van der Waals surface area contributed by atoms with Crippen LogP contribution in [0.4, 0.5) is 0 Å². The Morgan fingerprint density at radius 1 is 0.273 bits per heavy atom. The average Bonchev–Trinajstić information content (AvgIpc) is 0. The fourth-order valence-corrected chi connectivity index (χ4v) is 0. The van der Waals surface area contributed by atoms with Gasteiger partial charge in [-0.3, -0.25) is 0 Å². The first kappa shape index (κ1) is 495. The largest absolute Gasteiger partial charge is 5.00 e. The zero-order valence-electron chi connectivity index (χ0n) is 4.36. The quantitative estimate of drug-likeness (QED) is 0.495. The van der Waals surface area contributed by atoms with Gasteiger partial charge in [-0.1, -0.05) is 0 Å². The van der Waals surface area contributed by atoms with Gasteiger partial charge in [-0.15, -0.1) is 0 Å². The van der Waals surface area contributed by atoms with Gasteiger partial charge in [0.1, 0.15) is 0 Å². The van der Waals surface area contributed by atoms with E-state index in [4.69, 9.17) is 0 Å². The Balaban J connectivity index is 0. The molecule has 0 heterocycles. The molecule has 0 aromatic carbocycles. The monoisotopic (exact) mass is 340 g/mol. The van der Waals surface area contributed by atoms with Crippen LogP contribution in [0.3, 0.4) is 0 Å². The van der Waals surface area contributed by atoms with Crippen LogP contribution in [0.1, 0.15) is 0 Å². The van der Waals surface area contributed by atoms with Gasteiger partial charge in [-0.05, 0) is 0 Å². The molecular weight excluding hydrogens is 341 g/mol. The van der Waals surface area contributed by atoms with Crippen LogP contribution in [0.2, 0.25) is 0 Å². The average molecular weight is 341 g/mol. The molecule has 0 aromatic rings.